The number of primary amides is 1. The zero-order valence-corrected chi connectivity index (χ0v) is 20.2. The summed E-state index contributed by atoms with van der Waals surface area (Å²) in [4.78, 5) is 39.3. The minimum absolute atomic E-state index is 0.120. The Labute approximate surface area is 203 Å². The maximum Gasteiger partial charge on any atom is 0.417 e. The van der Waals surface area contributed by atoms with Crippen LogP contribution in [0.5, 0.6) is 0 Å². The van der Waals surface area contributed by atoms with E-state index in [1.165, 1.54) is 17.3 Å². The summed E-state index contributed by atoms with van der Waals surface area (Å²) in [5, 5.41) is 0. The third-order valence-electron chi connectivity index (χ3n) is 5.95. The smallest absolute Gasteiger partial charge is 0.417 e. The van der Waals surface area contributed by atoms with Crippen molar-refractivity contribution in [2.24, 2.45) is 5.73 Å². The molecule has 0 aromatic carbocycles. The van der Waals surface area contributed by atoms with Gasteiger partial charge in [0.25, 0.3) is 0 Å². The van der Waals surface area contributed by atoms with Crippen molar-refractivity contribution in [1.29, 1.82) is 0 Å². The number of aromatic nitrogens is 4. The second-order valence-corrected chi connectivity index (χ2v) is 9.93. The molecule has 9 nitrogen and oxygen atoms in total. The number of aryl methyl sites for hydroxylation is 1. The normalized spacial score (nSPS) is 19.6. The molecule has 0 aliphatic heterocycles. The van der Waals surface area contributed by atoms with Crippen molar-refractivity contribution in [1.82, 2.24) is 19.5 Å². The summed E-state index contributed by atoms with van der Waals surface area (Å²) in [6.45, 7) is 7.37. The second kappa shape index (κ2) is 9.09. The third-order valence-corrected chi connectivity index (χ3v) is 5.95. The van der Waals surface area contributed by atoms with E-state index in [-0.39, 0.29) is 25.3 Å². The molecule has 10 heteroatoms. The number of alkyl halides is 1. The largest absolute Gasteiger partial charge is 0.443 e. The average molecular weight is 481 g/mol. The number of anilines is 1. The first-order chi connectivity index (χ1) is 16.5. The van der Waals surface area contributed by atoms with E-state index in [0.717, 1.165) is 11.3 Å². The fraction of sp³-hybridized carbons (Fsp3) is 0.400. The number of carbonyl (C=O) groups is 2. The van der Waals surface area contributed by atoms with Crippen molar-refractivity contribution >= 4 is 17.9 Å². The molecule has 3 aromatic rings. The van der Waals surface area contributed by atoms with Gasteiger partial charge in [-0.15, -0.1) is 0 Å². The number of nitrogens with zero attached hydrogens (tertiary/aromatic N) is 5. The molecule has 2 amide bonds. The Morgan fingerprint density at radius 1 is 1.23 bits per heavy atom. The maximum absolute atomic E-state index is 14.2. The van der Waals surface area contributed by atoms with Gasteiger partial charge in [0.15, 0.2) is 0 Å². The van der Waals surface area contributed by atoms with Gasteiger partial charge in [0.2, 0.25) is 11.9 Å². The molecule has 0 radical (unpaired) electrons. The van der Waals surface area contributed by atoms with Gasteiger partial charge < -0.3 is 15.0 Å². The van der Waals surface area contributed by atoms with E-state index in [4.69, 9.17) is 10.5 Å². The molecule has 0 atom stereocenters. The van der Waals surface area contributed by atoms with Crippen LogP contribution < -0.4 is 10.6 Å². The van der Waals surface area contributed by atoms with Gasteiger partial charge in [0, 0.05) is 30.6 Å². The highest BCUT2D eigenvalue weighted by Gasteiger charge is 2.50. The van der Waals surface area contributed by atoms with Crippen LogP contribution in [0, 0.1) is 6.92 Å². The van der Waals surface area contributed by atoms with E-state index in [1.807, 2.05) is 19.1 Å². The number of nitrogens with two attached hydrogens (primary N) is 1. The molecule has 1 aliphatic rings. The van der Waals surface area contributed by atoms with Crippen LogP contribution in [-0.2, 0) is 10.2 Å². The molecule has 0 unspecified atom stereocenters. The van der Waals surface area contributed by atoms with E-state index < -0.39 is 29.2 Å². The van der Waals surface area contributed by atoms with Gasteiger partial charge in [-0.2, -0.15) is 0 Å². The lowest BCUT2D eigenvalue weighted by molar-refractivity contribution is 0.0509. The highest BCUT2D eigenvalue weighted by Crippen LogP contribution is 2.46. The Balaban J connectivity index is 1.68. The summed E-state index contributed by atoms with van der Waals surface area (Å²) in [5.41, 5.74) is 6.51. The van der Waals surface area contributed by atoms with E-state index in [2.05, 4.69) is 15.0 Å². The number of amides is 2. The number of pyridine rings is 1. The molecule has 0 spiro atoms. The van der Waals surface area contributed by atoms with E-state index in [0.29, 0.717) is 11.3 Å². The monoisotopic (exact) mass is 480 g/mol. The zero-order chi connectivity index (χ0) is 25.4. The molecule has 3 heterocycles. The van der Waals surface area contributed by atoms with Gasteiger partial charge in [0.05, 0.1) is 29.3 Å². The molecule has 35 heavy (non-hydrogen) atoms. The Bertz CT molecular complexity index is 1230. The maximum atomic E-state index is 14.2. The lowest BCUT2D eigenvalue weighted by Gasteiger charge is -2.46. The first kappa shape index (κ1) is 24.3. The van der Waals surface area contributed by atoms with Crippen LogP contribution in [0.1, 0.15) is 55.2 Å². The Hall–Kier alpha value is -3.82. The minimum atomic E-state index is -0.978. The predicted octanol–water partition coefficient (Wildman–Crippen LogP) is 3.88. The standard InChI is InChI=1S/C25H29FN6O3/c1-16-6-5-8-28-20(16)25(10-18(26)11-25)15-32(23(34)35-24(2,3)4)22-29-12-19(13-30-22)31-9-7-17(14-31)21(27)33/h5-9,12-14,18H,10-11,15H2,1-4H3,(H2,27,33). The van der Waals surface area contributed by atoms with Crippen molar-refractivity contribution in [2.75, 3.05) is 11.4 Å². The molecule has 1 aliphatic carbocycles. The molecule has 4 rings (SSSR count). The fourth-order valence-corrected chi connectivity index (χ4v) is 4.35. The van der Waals surface area contributed by atoms with Gasteiger partial charge in [-0.3, -0.25) is 9.78 Å². The van der Waals surface area contributed by atoms with Crippen molar-refractivity contribution in [3.8, 4) is 5.69 Å². The van der Waals surface area contributed by atoms with E-state index >= 15 is 0 Å². The topological polar surface area (TPSA) is 116 Å². The van der Waals surface area contributed by atoms with Crippen molar-refractivity contribution in [3.63, 3.8) is 0 Å². The number of carbonyl (C=O) groups excluding carboxylic acids is 2. The highest BCUT2D eigenvalue weighted by molar-refractivity contribution is 5.92. The van der Waals surface area contributed by atoms with Gasteiger partial charge in [-0.25, -0.2) is 24.1 Å². The number of ether oxygens (including phenoxy) is 1. The molecular formula is C25H29FN6O3. The molecule has 184 valence electrons. The molecule has 2 N–H and O–H groups in total. The lowest BCUT2D eigenvalue weighted by Crippen LogP contribution is -2.54. The molecule has 3 aromatic heterocycles. The summed E-state index contributed by atoms with van der Waals surface area (Å²) in [7, 11) is 0. The summed E-state index contributed by atoms with van der Waals surface area (Å²) in [6, 6.07) is 5.35. The average Bonchev–Trinajstić information content (AvgIpc) is 3.26. The van der Waals surface area contributed by atoms with Crippen molar-refractivity contribution < 1.29 is 18.7 Å². The SMILES string of the molecule is Cc1cccnc1C1(CN(C(=O)OC(C)(C)C)c2ncc(-n3ccc(C(N)=O)c3)cn2)CC(F)C1. The lowest BCUT2D eigenvalue weighted by atomic mass is 9.64. The molecule has 1 saturated carbocycles. The molecular weight excluding hydrogens is 451 g/mol. The number of halogens is 1. The Morgan fingerprint density at radius 2 is 1.91 bits per heavy atom. The third kappa shape index (κ3) is 5.16. The number of hydrogen-bond acceptors (Lipinski definition) is 6. The Morgan fingerprint density at radius 3 is 2.46 bits per heavy atom. The van der Waals surface area contributed by atoms with Crippen LogP contribution in [-0.4, -0.2) is 49.8 Å². The molecule has 0 saturated heterocycles. The quantitative estimate of drug-likeness (QED) is 0.572. The van der Waals surface area contributed by atoms with Crippen LogP contribution in [0.15, 0.2) is 49.2 Å². The highest BCUT2D eigenvalue weighted by atomic mass is 19.1. The summed E-state index contributed by atoms with van der Waals surface area (Å²) in [5.74, 6) is -0.417. The van der Waals surface area contributed by atoms with E-state index in [9.17, 15) is 14.0 Å². The number of rotatable bonds is 6. The molecule has 1 fully saturated rings. The Kier molecular flexibility index (Phi) is 6.31. The predicted molar refractivity (Wildman–Crippen MR) is 128 cm³/mol. The zero-order valence-electron chi connectivity index (χ0n) is 20.2. The van der Waals surface area contributed by atoms with Gasteiger partial charge in [-0.1, -0.05) is 6.07 Å². The molecule has 0 bridgehead atoms. The first-order valence-electron chi connectivity index (χ1n) is 11.3. The van der Waals surface area contributed by atoms with E-state index in [1.54, 1.807) is 50.0 Å². The van der Waals surface area contributed by atoms with Gasteiger partial charge >= 0.3 is 6.09 Å². The summed E-state index contributed by atoms with van der Waals surface area (Å²) >= 11 is 0. The van der Waals surface area contributed by atoms with Gasteiger partial charge in [0.1, 0.15) is 11.8 Å². The summed E-state index contributed by atoms with van der Waals surface area (Å²) < 4.78 is 21.5. The summed E-state index contributed by atoms with van der Waals surface area (Å²) in [6.07, 6.45) is 6.84. The number of hydrogen-bond donors (Lipinski definition) is 1. The van der Waals surface area contributed by atoms with Crippen LogP contribution in [0.25, 0.3) is 5.69 Å². The second-order valence-electron chi connectivity index (χ2n) is 9.93. The van der Waals surface area contributed by atoms with Crippen LogP contribution in [0.4, 0.5) is 15.1 Å². The van der Waals surface area contributed by atoms with Crippen LogP contribution in [0.2, 0.25) is 0 Å². The van der Waals surface area contributed by atoms with Crippen LogP contribution in [0.3, 0.4) is 0 Å². The van der Waals surface area contributed by atoms with Crippen molar-refractivity contribution in [2.45, 2.75) is 57.7 Å². The first-order valence-corrected chi connectivity index (χ1v) is 11.3. The van der Waals surface area contributed by atoms with Crippen LogP contribution >= 0.6 is 0 Å². The van der Waals surface area contributed by atoms with Crippen molar-refractivity contribution in [3.05, 3.63) is 66.0 Å². The van der Waals surface area contributed by atoms with Gasteiger partial charge in [-0.05, 0) is 58.2 Å². The fourth-order valence-electron chi connectivity index (χ4n) is 4.35. The minimum Gasteiger partial charge on any atom is -0.443 e.